The third-order valence-corrected chi connectivity index (χ3v) is 3.23. The molecule has 1 aromatic carbocycles. The smallest absolute Gasteiger partial charge is 0.371 e. The fraction of sp³-hybridized carbons (Fsp3) is 0.538. The van der Waals surface area contributed by atoms with E-state index in [1.165, 1.54) is 6.07 Å². The van der Waals surface area contributed by atoms with Gasteiger partial charge >= 0.3 is 6.18 Å². The molecule has 0 aliphatic heterocycles. The first-order valence-corrected chi connectivity index (χ1v) is 5.94. The van der Waals surface area contributed by atoms with Crippen molar-refractivity contribution in [2.45, 2.75) is 39.0 Å². The van der Waals surface area contributed by atoms with E-state index in [0.29, 0.717) is 5.56 Å². The third-order valence-electron chi connectivity index (χ3n) is 3.23. The molecule has 0 amide bonds. The average Bonchev–Trinajstić information content (AvgIpc) is 2.35. The standard InChI is InChI=1S/C13H19F3N2/c1-4-9(2)18(3)12-6-5-10(8-17)7-11(12)13(14,15)16/h5-7,9H,4,8,17H2,1-3H3. The number of hydrogen-bond donors (Lipinski definition) is 1. The lowest BCUT2D eigenvalue weighted by atomic mass is 10.1. The summed E-state index contributed by atoms with van der Waals surface area (Å²) in [4.78, 5) is 1.66. The van der Waals surface area contributed by atoms with Gasteiger partial charge in [0.15, 0.2) is 0 Å². The van der Waals surface area contributed by atoms with Gasteiger partial charge < -0.3 is 10.6 Å². The molecule has 0 heterocycles. The third kappa shape index (κ3) is 3.16. The molecule has 1 unspecified atom stereocenters. The zero-order chi connectivity index (χ0) is 13.9. The van der Waals surface area contributed by atoms with Gasteiger partial charge in [0.25, 0.3) is 0 Å². The largest absolute Gasteiger partial charge is 0.418 e. The summed E-state index contributed by atoms with van der Waals surface area (Å²) >= 11 is 0. The van der Waals surface area contributed by atoms with Crippen molar-refractivity contribution in [2.24, 2.45) is 5.73 Å². The summed E-state index contributed by atoms with van der Waals surface area (Å²) in [5.74, 6) is 0. The molecule has 1 atom stereocenters. The molecule has 2 nitrogen and oxygen atoms in total. The monoisotopic (exact) mass is 260 g/mol. The second kappa shape index (κ2) is 5.61. The fourth-order valence-corrected chi connectivity index (χ4v) is 1.76. The fourth-order valence-electron chi connectivity index (χ4n) is 1.76. The first kappa shape index (κ1) is 14.8. The summed E-state index contributed by atoms with van der Waals surface area (Å²) in [5.41, 5.74) is 5.47. The van der Waals surface area contributed by atoms with E-state index in [0.717, 1.165) is 12.5 Å². The molecule has 18 heavy (non-hydrogen) atoms. The highest BCUT2D eigenvalue weighted by atomic mass is 19.4. The summed E-state index contributed by atoms with van der Waals surface area (Å²) in [6, 6.07) is 4.32. The lowest BCUT2D eigenvalue weighted by molar-refractivity contribution is -0.137. The molecule has 0 bridgehead atoms. The topological polar surface area (TPSA) is 29.3 Å². The molecule has 0 saturated carbocycles. The van der Waals surface area contributed by atoms with Crippen LogP contribution in [-0.2, 0) is 12.7 Å². The maximum atomic E-state index is 13.0. The Morgan fingerprint density at radius 2 is 1.94 bits per heavy atom. The Morgan fingerprint density at radius 1 is 1.33 bits per heavy atom. The number of alkyl halides is 3. The van der Waals surface area contributed by atoms with E-state index < -0.39 is 11.7 Å². The number of nitrogens with zero attached hydrogens (tertiary/aromatic N) is 1. The van der Waals surface area contributed by atoms with Gasteiger partial charge in [0.05, 0.1) is 5.56 Å². The lowest BCUT2D eigenvalue weighted by Gasteiger charge is -2.29. The van der Waals surface area contributed by atoms with Crippen LogP contribution in [0.2, 0.25) is 0 Å². The summed E-state index contributed by atoms with van der Waals surface area (Å²) < 4.78 is 39.1. The summed E-state index contributed by atoms with van der Waals surface area (Å²) in [6.07, 6.45) is -3.57. The Bertz CT molecular complexity index is 402. The molecule has 1 aromatic rings. The molecule has 2 N–H and O–H groups in total. The van der Waals surface area contributed by atoms with Crippen LogP contribution < -0.4 is 10.6 Å². The predicted molar refractivity (Wildman–Crippen MR) is 67.5 cm³/mol. The van der Waals surface area contributed by atoms with Crippen LogP contribution in [-0.4, -0.2) is 13.1 Å². The van der Waals surface area contributed by atoms with Crippen molar-refractivity contribution in [3.8, 4) is 0 Å². The highest BCUT2D eigenvalue weighted by Gasteiger charge is 2.35. The van der Waals surface area contributed by atoms with Gasteiger partial charge in [-0.1, -0.05) is 13.0 Å². The van der Waals surface area contributed by atoms with Crippen molar-refractivity contribution in [1.82, 2.24) is 0 Å². The Labute approximate surface area is 106 Å². The van der Waals surface area contributed by atoms with Gasteiger partial charge in [-0.05, 0) is 31.0 Å². The average molecular weight is 260 g/mol. The van der Waals surface area contributed by atoms with E-state index in [-0.39, 0.29) is 18.3 Å². The van der Waals surface area contributed by atoms with Gasteiger partial charge in [0.2, 0.25) is 0 Å². The van der Waals surface area contributed by atoms with Gasteiger partial charge in [-0.3, -0.25) is 0 Å². The first-order valence-electron chi connectivity index (χ1n) is 5.94. The van der Waals surface area contributed by atoms with Crippen LogP contribution in [0.5, 0.6) is 0 Å². The molecular formula is C13H19F3N2. The van der Waals surface area contributed by atoms with Gasteiger partial charge in [0, 0.05) is 25.3 Å². The van der Waals surface area contributed by atoms with E-state index in [4.69, 9.17) is 5.73 Å². The van der Waals surface area contributed by atoms with Gasteiger partial charge in [-0.15, -0.1) is 0 Å². The molecule has 0 fully saturated rings. The highest BCUT2D eigenvalue weighted by molar-refractivity contribution is 5.56. The van der Waals surface area contributed by atoms with Crippen LogP contribution in [0.1, 0.15) is 31.4 Å². The number of nitrogens with two attached hydrogens (primary N) is 1. The van der Waals surface area contributed by atoms with E-state index in [2.05, 4.69) is 0 Å². The molecule has 0 aromatic heterocycles. The van der Waals surface area contributed by atoms with Crippen molar-refractivity contribution in [3.05, 3.63) is 29.3 Å². The van der Waals surface area contributed by atoms with E-state index >= 15 is 0 Å². The number of anilines is 1. The van der Waals surface area contributed by atoms with Crippen molar-refractivity contribution in [3.63, 3.8) is 0 Å². The van der Waals surface area contributed by atoms with E-state index in [1.807, 2.05) is 13.8 Å². The zero-order valence-electron chi connectivity index (χ0n) is 10.9. The Morgan fingerprint density at radius 3 is 2.39 bits per heavy atom. The van der Waals surface area contributed by atoms with Gasteiger partial charge in [-0.25, -0.2) is 0 Å². The van der Waals surface area contributed by atoms with Crippen LogP contribution >= 0.6 is 0 Å². The zero-order valence-corrected chi connectivity index (χ0v) is 10.9. The summed E-state index contributed by atoms with van der Waals surface area (Å²) in [5, 5.41) is 0. The lowest BCUT2D eigenvalue weighted by Crippen LogP contribution is -2.30. The maximum Gasteiger partial charge on any atom is 0.418 e. The maximum absolute atomic E-state index is 13.0. The predicted octanol–water partition coefficient (Wildman–Crippen LogP) is 3.40. The van der Waals surface area contributed by atoms with Crippen LogP contribution in [0.3, 0.4) is 0 Å². The number of rotatable bonds is 4. The van der Waals surface area contributed by atoms with Crippen LogP contribution in [0.4, 0.5) is 18.9 Å². The minimum absolute atomic E-state index is 0.0508. The minimum atomic E-state index is -4.36. The summed E-state index contributed by atoms with van der Waals surface area (Å²) in [7, 11) is 1.68. The normalized spacial score (nSPS) is 13.5. The molecule has 0 aliphatic carbocycles. The molecule has 0 aliphatic rings. The quantitative estimate of drug-likeness (QED) is 0.899. The Kier molecular flexibility index (Phi) is 4.62. The Balaban J connectivity index is 3.26. The molecule has 0 radical (unpaired) electrons. The number of benzene rings is 1. The van der Waals surface area contributed by atoms with Crippen molar-refractivity contribution in [2.75, 3.05) is 11.9 Å². The molecule has 0 saturated heterocycles. The van der Waals surface area contributed by atoms with Gasteiger partial charge in [-0.2, -0.15) is 13.2 Å². The molecule has 1 rings (SSSR count). The van der Waals surface area contributed by atoms with Crippen LogP contribution in [0, 0.1) is 0 Å². The van der Waals surface area contributed by atoms with Crippen molar-refractivity contribution < 1.29 is 13.2 Å². The van der Waals surface area contributed by atoms with Gasteiger partial charge in [0.1, 0.15) is 0 Å². The van der Waals surface area contributed by atoms with Crippen LogP contribution in [0.25, 0.3) is 0 Å². The molecule has 5 heteroatoms. The van der Waals surface area contributed by atoms with E-state index in [1.54, 1.807) is 18.0 Å². The van der Waals surface area contributed by atoms with E-state index in [9.17, 15) is 13.2 Å². The minimum Gasteiger partial charge on any atom is -0.371 e. The van der Waals surface area contributed by atoms with Crippen molar-refractivity contribution >= 4 is 5.69 Å². The molecule has 0 spiro atoms. The Hall–Kier alpha value is -1.23. The summed E-state index contributed by atoms with van der Waals surface area (Å²) in [6.45, 7) is 3.95. The SMILES string of the molecule is CCC(C)N(C)c1ccc(CN)cc1C(F)(F)F. The highest BCUT2D eigenvalue weighted by Crippen LogP contribution is 2.37. The molecular weight excluding hydrogens is 241 g/mol. The van der Waals surface area contributed by atoms with Crippen molar-refractivity contribution in [1.29, 1.82) is 0 Å². The first-order chi connectivity index (χ1) is 8.31. The number of hydrogen-bond acceptors (Lipinski definition) is 2. The van der Waals surface area contributed by atoms with Crippen LogP contribution in [0.15, 0.2) is 18.2 Å². The second-order valence-electron chi connectivity index (χ2n) is 4.42. The molecule has 102 valence electrons. The number of halogens is 3. The second-order valence-corrected chi connectivity index (χ2v) is 4.42.